The Kier molecular flexibility index (Phi) is 6.46. The Morgan fingerprint density at radius 3 is 2.44 bits per heavy atom. The average Bonchev–Trinajstić information content (AvgIpc) is 2.55. The number of amides is 1. The summed E-state index contributed by atoms with van der Waals surface area (Å²) in [5.74, 6) is 0.296. The summed E-state index contributed by atoms with van der Waals surface area (Å²) in [6.45, 7) is 8.55. The zero-order valence-electron chi connectivity index (χ0n) is 15.2. The molecule has 1 N–H and O–H groups in total. The van der Waals surface area contributed by atoms with Gasteiger partial charge in [-0.1, -0.05) is 19.9 Å². The highest BCUT2D eigenvalue weighted by Gasteiger charge is 2.31. The number of rotatable bonds is 6. The minimum atomic E-state index is -3.71. The number of hydrogen-bond donors (Lipinski definition) is 1. The Bertz CT molecular complexity index is 708. The fraction of sp³-hybridized carbons (Fsp3) is 0.611. The van der Waals surface area contributed by atoms with Crippen molar-refractivity contribution < 1.29 is 22.7 Å². The predicted octanol–water partition coefficient (Wildman–Crippen LogP) is 2.51. The number of nitrogens with one attached hydrogen (secondary N) is 1. The molecule has 0 saturated carbocycles. The van der Waals surface area contributed by atoms with Crippen LogP contribution in [0.1, 0.15) is 50.7 Å². The maximum absolute atomic E-state index is 12.3. The van der Waals surface area contributed by atoms with Crippen molar-refractivity contribution in [3.8, 4) is 5.75 Å². The molecule has 1 aromatic rings. The molecule has 2 rings (SSSR count). The molecule has 1 saturated heterocycles. The van der Waals surface area contributed by atoms with Crippen molar-refractivity contribution in [2.75, 3.05) is 13.2 Å². The molecule has 0 bridgehead atoms. The van der Waals surface area contributed by atoms with Gasteiger partial charge in [-0.15, -0.1) is 0 Å². The molecule has 1 heterocycles. The molecule has 0 aliphatic carbocycles. The van der Waals surface area contributed by atoms with Crippen LogP contribution in [0.25, 0.3) is 0 Å². The van der Waals surface area contributed by atoms with E-state index in [9.17, 15) is 13.2 Å². The number of carbonyl (C=O) groups is 1. The summed E-state index contributed by atoms with van der Waals surface area (Å²) >= 11 is 0. The van der Waals surface area contributed by atoms with Crippen LogP contribution in [0.4, 0.5) is 0 Å². The molecule has 25 heavy (non-hydrogen) atoms. The quantitative estimate of drug-likeness (QED) is 0.833. The van der Waals surface area contributed by atoms with Crippen molar-refractivity contribution in [2.24, 2.45) is 0 Å². The summed E-state index contributed by atoms with van der Waals surface area (Å²) in [6.07, 6.45) is -0.111. The molecule has 6 nitrogen and oxygen atoms in total. The van der Waals surface area contributed by atoms with E-state index in [0.29, 0.717) is 37.7 Å². The van der Waals surface area contributed by atoms with Crippen molar-refractivity contribution in [3.63, 3.8) is 0 Å². The molecule has 1 aliphatic rings. The summed E-state index contributed by atoms with van der Waals surface area (Å²) in [4.78, 5) is 12.2. The highest BCUT2D eigenvalue weighted by molar-refractivity contribution is 7.90. The van der Waals surface area contributed by atoms with Crippen LogP contribution < -0.4 is 9.46 Å². The zero-order valence-corrected chi connectivity index (χ0v) is 16.1. The van der Waals surface area contributed by atoms with E-state index in [4.69, 9.17) is 9.47 Å². The van der Waals surface area contributed by atoms with Crippen molar-refractivity contribution in [2.45, 2.75) is 57.8 Å². The second-order valence-corrected chi connectivity index (χ2v) is 8.72. The number of benzene rings is 1. The third kappa shape index (κ3) is 5.19. The van der Waals surface area contributed by atoms with Crippen molar-refractivity contribution in [3.05, 3.63) is 29.3 Å². The van der Waals surface area contributed by atoms with E-state index in [0.717, 1.165) is 5.56 Å². The van der Waals surface area contributed by atoms with Gasteiger partial charge < -0.3 is 9.47 Å². The van der Waals surface area contributed by atoms with Crippen LogP contribution in [0.2, 0.25) is 0 Å². The van der Waals surface area contributed by atoms with Gasteiger partial charge in [-0.05, 0) is 55.9 Å². The first-order chi connectivity index (χ1) is 11.7. The van der Waals surface area contributed by atoms with Crippen LogP contribution >= 0.6 is 0 Å². The summed E-state index contributed by atoms with van der Waals surface area (Å²) in [5.41, 5.74) is 2.29. The molecule has 1 fully saturated rings. The Labute approximate surface area is 150 Å². The molecule has 0 radical (unpaired) electrons. The number of sulfonamides is 1. The van der Waals surface area contributed by atoms with Crippen LogP contribution in [0.15, 0.2) is 18.2 Å². The van der Waals surface area contributed by atoms with Gasteiger partial charge in [0.05, 0.1) is 5.25 Å². The van der Waals surface area contributed by atoms with E-state index < -0.39 is 27.3 Å². The number of carbonyl (C=O) groups excluding carboxylic acids is 1. The van der Waals surface area contributed by atoms with E-state index in [1.54, 1.807) is 13.0 Å². The van der Waals surface area contributed by atoms with Crippen LogP contribution in [0, 0.1) is 6.92 Å². The molecular formula is C18H27NO5S. The topological polar surface area (TPSA) is 81.7 Å². The molecule has 1 aliphatic heterocycles. The van der Waals surface area contributed by atoms with Gasteiger partial charge in [0, 0.05) is 13.2 Å². The van der Waals surface area contributed by atoms with E-state index in [1.165, 1.54) is 5.56 Å². The van der Waals surface area contributed by atoms with Gasteiger partial charge in [0.25, 0.3) is 5.91 Å². The van der Waals surface area contributed by atoms with Gasteiger partial charge in [-0.2, -0.15) is 0 Å². The molecular weight excluding hydrogens is 342 g/mol. The molecule has 1 amide bonds. The summed E-state index contributed by atoms with van der Waals surface area (Å²) in [5, 5.41) is -0.593. The lowest BCUT2D eigenvalue weighted by atomic mass is 9.98. The molecule has 0 unspecified atom stereocenters. The van der Waals surface area contributed by atoms with Crippen molar-refractivity contribution >= 4 is 15.9 Å². The third-order valence-electron chi connectivity index (χ3n) is 4.40. The minimum absolute atomic E-state index is 0.396. The zero-order chi connectivity index (χ0) is 18.6. The van der Waals surface area contributed by atoms with Gasteiger partial charge >= 0.3 is 0 Å². The maximum Gasteiger partial charge on any atom is 0.274 e. The average molecular weight is 369 g/mol. The number of aryl methyl sites for hydroxylation is 1. The van der Waals surface area contributed by atoms with E-state index in [1.807, 2.05) is 19.1 Å². The Balaban J connectivity index is 1.99. The number of ether oxygens (including phenoxy) is 2. The Morgan fingerprint density at radius 1 is 1.24 bits per heavy atom. The fourth-order valence-corrected chi connectivity index (χ4v) is 4.35. The Morgan fingerprint density at radius 2 is 1.88 bits per heavy atom. The van der Waals surface area contributed by atoms with E-state index in [-0.39, 0.29) is 0 Å². The SMILES string of the molecule is Cc1cc(O[C@H](C)C(=O)NS(=O)(=O)C2CCOCC2)ccc1C(C)C. The molecule has 0 aromatic heterocycles. The first kappa shape index (κ1) is 19.7. The highest BCUT2D eigenvalue weighted by atomic mass is 32.2. The first-order valence-electron chi connectivity index (χ1n) is 8.61. The van der Waals surface area contributed by atoms with Crippen LogP contribution in [0.3, 0.4) is 0 Å². The van der Waals surface area contributed by atoms with Gasteiger partial charge in [-0.3, -0.25) is 4.79 Å². The van der Waals surface area contributed by atoms with Gasteiger partial charge in [0.15, 0.2) is 6.10 Å². The standard InChI is InChI=1S/C18H27NO5S/c1-12(2)17-6-5-15(11-13(17)3)24-14(4)18(20)19-25(21,22)16-7-9-23-10-8-16/h5-6,11-12,14,16H,7-10H2,1-4H3,(H,19,20)/t14-/m1/s1. The second-order valence-electron chi connectivity index (χ2n) is 6.76. The lowest BCUT2D eigenvalue weighted by molar-refractivity contribution is -0.125. The van der Waals surface area contributed by atoms with E-state index in [2.05, 4.69) is 18.6 Å². The van der Waals surface area contributed by atoms with Gasteiger partial charge in [0.1, 0.15) is 5.75 Å². The second kappa shape index (κ2) is 8.19. The molecule has 7 heteroatoms. The van der Waals surface area contributed by atoms with Gasteiger partial charge in [0.2, 0.25) is 10.0 Å². The lowest BCUT2D eigenvalue weighted by Gasteiger charge is -2.23. The molecule has 140 valence electrons. The number of hydrogen-bond acceptors (Lipinski definition) is 5. The lowest BCUT2D eigenvalue weighted by Crippen LogP contribution is -2.45. The van der Waals surface area contributed by atoms with Gasteiger partial charge in [-0.25, -0.2) is 13.1 Å². The van der Waals surface area contributed by atoms with Crippen LogP contribution in [0.5, 0.6) is 5.75 Å². The first-order valence-corrected chi connectivity index (χ1v) is 10.2. The summed E-state index contributed by atoms with van der Waals surface area (Å²) in [6, 6.07) is 5.64. The van der Waals surface area contributed by atoms with Crippen LogP contribution in [-0.4, -0.2) is 38.9 Å². The highest BCUT2D eigenvalue weighted by Crippen LogP contribution is 2.24. The smallest absolute Gasteiger partial charge is 0.274 e. The fourth-order valence-electron chi connectivity index (χ4n) is 2.92. The molecule has 0 spiro atoms. The van der Waals surface area contributed by atoms with Crippen molar-refractivity contribution in [1.29, 1.82) is 0 Å². The minimum Gasteiger partial charge on any atom is -0.481 e. The normalized spacial score (nSPS) is 17.3. The largest absolute Gasteiger partial charge is 0.481 e. The van der Waals surface area contributed by atoms with E-state index >= 15 is 0 Å². The predicted molar refractivity (Wildman–Crippen MR) is 96.3 cm³/mol. The van der Waals surface area contributed by atoms with Crippen LogP contribution in [-0.2, 0) is 19.6 Å². The van der Waals surface area contributed by atoms with Crippen molar-refractivity contribution in [1.82, 2.24) is 4.72 Å². The maximum atomic E-state index is 12.3. The molecule has 1 atom stereocenters. The monoisotopic (exact) mass is 369 g/mol. The third-order valence-corrected chi connectivity index (χ3v) is 6.23. The summed E-state index contributed by atoms with van der Waals surface area (Å²) < 4.78 is 37.5. The molecule has 1 aromatic carbocycles. The Hall–Kier alpha value is -1.60. The summed E-state index contributed by atoms with van der Waals surface area (Å²) in [7, 11) is -3.71.